The van der Waals surface area contributed by atoms with Gasteiger partial charge in [0, 0.05) is 17.9 Å². The molecule has 4 nitrogen and oxygen atoms in total. The molecule has 6 atom stereocenters. The molecule has 6 unspecified atom stereocenters. The van der Waals surface area contributed by atoms with Gasteiger partial charge in [-0.3, -0.25) is 0 Å². The summed E-state index contributed by atoms with van der Waals surface area (Å²) in [6, 6.07) is 0. The van der Waals surface area contributed by atoms with Crippen LogP contribution in [-0.4, -0.2) is 23.6 Å². The van der Waals surface area contributed by atoms with E-state index in [1.54, 1.807) is 0 Å². The van der Waals surface area contributed by atoms with Crippen molar-refractivity contribution in [2.75, 3.05) is 0 Å². The van der Waals surface area contributed by atoms with Crippen LogP contribution in [0.25, 0.3) is 0 Å². The Hall–Kier alpha value is -1.32. The number of esters is 2. The summed E-state index contributed by atoms with van der Waals surface area (Å²) in [6.45, 7) is 7.48. The van der Waals surface area contributed by atoms with Crippen LogP contribution in [0.15, 0.2) is 12.7 Å². The van der Waals surface area contributed by atoms with Gasteiger partial charge in [-0.1, -0.05) is 20.4 Å². The van der Waals surface area contributed by atoms with Crippen LogP contribution in [0.2, 0.25) is 0 Å². The van der Waals surface area contributed by atoms with Gasteiger partial charge in [0.25, 0.3) is 0 Å². The molecule has 92 valence electrons. The fourth-order valence-corrected chi connectivity index (χ4v) is 4.15. The van der Waals surface area contributed by atoms with Gasteiger partial charge in [-0.2, -0.15) is 0 Å². The topological polar surface area (TPSA) is 52.6 Å². The number of rotatable bonds is 2. The Bertz CT molecular complexity index is 416. The predicted octanol–water partition coefficient (Wildman–Crippen LogP) is 1.30. The molecule has 3 aliphatic rings. The van der Waals surface area contributed by atoms with Gasteiger partial charge in [0.15, 0.2) is 0 Å². The molecule has 17 heavy (non-hydrogen) atoms. The average molecular weight is 236 g/mol. The maximum absolute atomic E-state index is 12.1. The van der Waals surface area contributed by atoms with Crippen molar-refractivity contribution in [3.63, 3.8) is 0 Å². The van der Waals surface area contributed by atoms with E-state index in [1.165, 1.54) is 0 Å². The normalized spacial score (nSPS) is 50.2. The molecule has 1 saturated heterocycles. The van der Waals surface area contributed by atoms with Crippen molar-refractivity contribution < 1.29 is 19.1 Å². The number of hydrogen-bond donors (Lipinski definition) is 0. The molecule has 0 spiro atoms. The van der Waals surface area contributed by atoms with Crippen LogP contribution in [0.4, 0.5) is 0 Å². The van der Waals surface area contributed by atoms with Gasteiger partial charge in [-0.15, -0.1) is 0 Å². The number of carbonyl (C=O) groups is 2. The highest BCUT2D eigenvalue weighted by molar-refractivity contribution is 5.90. The zero-order valence-corrected chi connectivity index (χ0v) is 10.0. The second kappa shape index (κ2) is 3.12. The van der Waals surface area contributed by atoms with E-state index >= 15 is 0 Å². The van der Waals surface area contributed by atoms with Crippen molar-refractivity contribution in [3.8, 4) is 0 Å². The molecular weight excluding hydrogens is 220 g/mol. The van der Waals surface area contributed by atoms with Gasteiger partial charge in [0.1, 0.15) is 6.10 Å². The van der Waals surface area contributed by atoms with Crippen LogP contribution in [-0.2, 0) is 19.1 Å². The van der Waals surface area contributed by atoms with Crippen LogP contribution in [0.1, 0.15) is 20.3 Å². The third-order valence-corrected chi connectivity index (χ3v) is 4.98. The Balaban J connectivity index is 2.02. The molecule has 0 aromatic carbocycles. The molecule has 2 saturated carbocycles. The monoisotopic (exact) mass is 236 g/mol. The van der Waals surface area contributed by atoms with Crippen LogP contribution < -0.4 is 0 Å². The third kappa shape index (κ3) is 1.04. The maximum Gasteiger partial charge on any atom is 0.351 e. The first-order chi connectivity index (χ1) is 8.02. The van der Waals surface area contributed by atoms with Gasteiger partial charge in [-0.25, -0.2) is 9.59 Å². The van der Waals surface area contributed by atoms with E-state index in [0.717, 1.165) is 12.5 Å². The number of hydrogen-bond acceptors (Lipinski definition) is 4. The zero-order chi connectivity index (χ0) is 12.4. The molecule has 0 N–H and O–H groups in total. The van der Waals surface area contributed by atoms with E-state index in [9.17, 15) is 9.59 Å². The molecule has 0 aromatic rings. The quantitative estimate of drug-likeness (QED) is 0.535. The zero-order valence-electron chi connectivity index (χ0n) is 10.0. The largest absolute Gasteiger partial charge is 0.459 e. The van der Waals surface area contributed by atoms with E-state index in [4.69, 9.17) is 9.47 Å². The van der Waals surface area contributed by atoms with Gasteiger partial charge in [-0.05, 0) is 18.3 Å². The highest BCUT2D eigenvalue weighted by atomic mass is 16.6. The van der Waals surface area contributed by atoms with Gasteiger partial charge in [0.05, 0.1) is 0 Å². The molecular formula is C13H16O4. The Morgan fingerprint density at radius 2 is 2.29 bits per heavy atom. The maximum atomic E-state index is 12.1. The van der Waals surface area contributed by atoms with E-state index in [1.807, 2.05) is 6.92 Å². The minimum atomic E-state index is -1.03. The molecule has 0 radical (unpaired) electrons. The molecule has 0 amide bonds. The van der Waals surface area contributed by atoms with Crippen molar-refractivity contribution in [2.24, 2.45) is 23.7 Å². The summed E-state index contributed by atoms with van der Waals surface area (Å²) >= 11 is 0. The summed E-state index contributed by atoms with van der Waals surface area (Å²) in [4.78, 5) is 23.5. The highest BCUT2D eigenvalue weighted by Crippen LogP contribution is 2.63. The number of fused-ring (bicyclic) bond motifs is 1. The lowest BCUT2D eigenvalue weighted by Crippen LogP contribution is -2.50. The Labute approximate surface area is 100.0 Å². The van der Waals surface area contributed by atoms with Crippen LogP contribution >= 0.6 is 0 Å². The fourth-order valence-electron chi connectivity index (χ4n) is 4.15. The molecule has 1 aliphatic heterocycles. The van der Waals surface area contributed by atoms with Gasteiger partial charge >= 0.3 is 11.9 Å². The molecule has 0 aromatic heterocycles. The molecule has 2 aliphatic carbocycles. The Morgan fingerprint density at radius 3 is 2.88 bits per heavy atom. The van der Waals surface area contributed by atoms with Gasteiger partial charge in [0.2, 0.25) is 5.60 Å². The minimum absolute atomic E-state index is 0.0360. The second-order valence-corrected chi connectivity index (χ2v) is 5.44. The average Bonchev–Trinajstić information content (AvgIpc) is 2.84. The summed E-state index contributed by atoms with van der Waals surface area (Å²) < 4.78 is 10.8. The van der Waals surface area contributed by atoms with E-state index in [0.29, 0.717) is 11.8 Å². The Morgan fingerprint density at radius 1 is 1.59 bits per heavy atom. The standard InChI is InChI=1S/C13H16O4/c1-4-10(14)17-13-7(3)8-5-9(13)11(6(8)2)16-12(13)15/h4,6-9,11H,1,5H2,2-3H3. The lowest BCUT2D eigenvalue weighted by Gasteiger charge is -2.35. The second-order valence-electron chi connectivity index (χ2n) is 5.44. The first-order valence-electron chi connectivity index (χ1n) is 6.09. The summed E-state index contributed by atoms with van der Waals surface area (Å²) in [5, 5.41) is 0. The predicted molar refractivity (Wildman–Crippen MR) is 58.8 cm³/mol. The van der Waals surface area contributed by atoms with Gasteiger partial charge < -0.3 is 9.47 Å². The van der Waals surface area contributed by atoms with Crippen molar-refractivity contribution >= 4 is 11.9 Å². The summed E-state index contributed by atoms with van der Waals surface area (Å²) in [5.41, 5.74) is -1.03. The highest BCUT2D eigenvalue weighted by Gasteiger charge is 2.75. The first kappa shape index (κ1) is 10.8. The molecule has 3 fully saturated rings. The lowest BCUT2D eigenvalue weighted by atomic mass is 9.72. The summed E-state index contributed by atoms with van der Waals surface area (Å²) in [6.07, 6.45) is 1.96. The molecule has 2 bridgehead atoms. The molecule has 4 heteroatoms. The van der Waals surface area contributed by atoms with Crippen LogP contribution in [0, 0.1) is 23.7 Å². The fraction of sp³-hybridized carbons (Fsp3) is 0.692. The summed E-state index contributed by atoms with van der Waals surface area (Å²) in [7, 11) is 0. The van der Waals surface area contributed by atoms with Crippen molar-refractivity contribution in [3.05, 3.63) is 12.7 Å². The number of ether oxygens (including phenoxy) is 2. The van der Waals surface area contributed by atoms with Crippen molar-refractivity contribution in [1.82, 2.24) is 0 Å². The van der Waals surface area contributed by atoms with E-state index in [2.05, 4.69) is 13.5 Å². The smallest absolute Gasteiger partial charge is 0.351 e. The van der Waals surface area contributed by atoms with Crippen molar-refractivity contribution in [2.45, 2.75) is 32.0 Å². The minimum Gasteiger partial charge on any atom is -0.459 e. The first-order valence-corrected chi connectivity index (χ1v) is 6.09. The van der Waals surface area contributed by atoms with Crippen LogP contribution in [0.3, 0.4) is 0 Å². The van der Waals surface area contributed by atoms with E-state index in [-0.39, 0.29) is 23.9 Å². The number of carbonyl (C=O) groups excluding carboxylic acids is 2. The summed E-state index contributed by atoms with van der Waals surface area (Å²) in [5.74, 6) is -0.0330. The van der Waals surface area contributed by atoms with Crippen molar-refractivity contribution in [1.29, 1.82) is 0 Å². The molecule has 3 rings (SSSR count). The lowest BCUT2D eigenvalue weighted by molar-refractivity contribution is -0.175. The SMILES string of the molecule is C=CC(=O)OC12C(=O)OC3C(C)C(CC31)C2C. The third-order valence-electron chi connectivity index (χ3n) is 4.98. The Kier molecular flexibility index (Phi) is 1.98. The van der Waals surface area contributed by atoms with E-state index < -0.39 is 11.6 Å². The van der Waals surface area contributed by atoms with Crippen LogP contribution in [0.5, 0.6) is 0 Å². The molecule has 1 heterocycles.